The Morgan fingerprint density at radius 1 is 1.33 bits per heavy atom. The van der Waals surface area contributed by atoms with E-state index in [9.17, 15) is 9.59 Å². The van der Waals surface area contributed by atoms with Crippen LogP contribution in [0.4, 0.5) is 5.69 Å². The Hall–Kier alpha value is -2.04. The molecule has 0 aliphatic heterocycles. The Morgan fingerprint density at radius 3 is 2.44 bits per heavy atom. The van der Waals surface area contributed by atoms with Crippen LogP contribution >= 0.6 is 0 Å². The second-order valence-electron chi connectivity index (χ2n) is 4.17. The number of amides is 1. The van der Waals surface area contributed by atoms with Crippen molar-refractivity contribution in [3.63, 3.8) is 0 Å². The highest BCUT2D eigenvalue weighted by Gasteiger charge is 2.18. The molecule has 1 rings (SSSR count). The predicted molar refractivity (Wildman–Crippen MR) is 69.0 cm³/mol. The fraction of sp³-hybridized carbons (Fsp3) is 0.385. The summed E-state index contributed by atoms with van der Waals surface area (Å²) in [6, 6.07) is 6.12. The van der Waals surface area contributed by atoms with Crippen LogP contribution in [0.3, 0.4) is 0 Å². The monoisotopic (exact) mass is 250 g/mol. The Kier molecular flexibility index (Phi) is 5.17. The molecule has 1 amide bonds. The maximum absolute atomic E-state index is 11.7. The molecule has 1 aromatic carbocycles. The van der Waals surface area contributed by atoms with Gasteiger partial charge >= 0.3 is 5.97 Å². The lowest BCUT2D eigenvalue weighted by Gasteiger charge is -2.13. The van der Waals surface area contributed by atoms with Crippen LogP contribution in [-0.2, 0) is 16.0 Å². The first-order chi connectivity index (χ1) is 8.52. The van der Waals surface area contributed by atoms with Gasteiger partial charge in [-0.15, -0.1) is 0 Å². The first-order valence-electron chi connectivity index (χ1n) is 5.89. The summed E-state index contributed by atoms with van der Waals surface area (Å²) < 4.78 is 0. The SMILES string of the molecule is CCC[C@H](NC(=O)Cc1ccc(N)cc1)C(=O)O. The van der Waals surface area contributed by atoms with Gasteiger partial charge in [0.05, 0.1) is 6.42 Å². The molecule has 0 spiro atoms. The van der Waals surface area contributed by atoms with Gasteiger partial charge in [0, 0.05) is 5.69 Å². The lowest BCUT2D eigenvalue weighted by atomic mass is 10.1. The van der Waals surface area contributed by atoms with Gasteiger partial charge in [0.25, 0.3) is 0 Å². The molecule has 0 aromatic heterocycles. The molecule has 1 atom stereocenters. The third-order valence-corrected chi connectivity index (χ3v) is 2.56. The fourth-order valence-corrected chi connectivity index (χ4v) is 1.61. The van der Waals surface area contributed by atoms with E-state index in [1.807, 2.05) is 6.92 Å². The molecule has 0 heterocycles. The Morgan fingerprint density at radius 2 is 1.94 bits per heavy atom. The minimum absolute atomic E-state index is 0.160. The molecule has 0 bridgehead atoms. The van der Waals surface area contributed by atoms with Gasteiger partial charge in [-0.2, -0.15) is 0 Å². The van der Waals surface area contributed by atoms with Crippen molar-refractivity contribution >= 4 is 17.6 Å². The number of benzene rings is 1. The Labute approximate surface area is 106 Å². The van der Waals surface area contributed by atoms with E-state index in [4.69, 9.17) is 10.8 Å². The standard InChI is InChI=1S/C13H18N2O3/c1-2-3-11(13(17)18)15-12(16)8-9-4-6-10(14)7-5-9/h4-7,11H,2-3,8,14H2,1H3,(H,15,16)(H,17,18)/t11-/m0/s1. The molecule has 0 unspecified atom stereocenters. The van der Waals surface area contributed by atoms with Crippen molar-refractivity contribution in [2.75, 3.05) is 5.73 Å². The highest BCUT2D eigenvalue weighted by molar-refractivity contribution is 5.84. The van der Waals surface area contributed by atoms with E-state index in [0.29, 0.717) is 18.5 Å². The molecule has 98 valence electrons. The van der Waals surface area contributed by atoms with Crippen LogP contribution in [0.25, 0.3) is 0 Å². The van der Waals surface area contributed by atoms with Crippen molar-refractivity contribution in [2.24, 2.45) is 0 Å². The zero-order chi connectivity index (χ0) is 13.5. The molecular weight excluding hydrogens is 232 g/mol. The lowest BCUT2D eigenvalue weighted by Crippen LogP contribution is -2.41. The maximum Gasteiger partial charge on any atom is 0.326 e. The quantitative estimate of drug-likeness (QED) is 0.661. The van der Waals surface area contributed by atoms with Crippen LogP contribution in [0.1, 0.15) is 25.3 Å². The number of carbonyl (C=O) groups excluding carboxylic acids is 1. The van der Waals surface area contributed by atoms with E-state index < -0.39 is 12.0 Å². The molecule has 0 saturated carbocycles. The predicted octanol–water partition coefficient (Wildman–Crippen LogP) is 1.18. The molecule has 5 heteroatoms. The highest BCUT2D eigenvalue weighted by atomic mass is 16.4. The Balaban J connectivity index is 2.54. The van der Waals surface area contributed by atoms with E-state index in [2.05, 4.69) is 5.32 Å². The summed E-state index contributed by atoms with van der Waals surface area (Å²) >= 11 is 0. The number of hydrogen-bond donors (Lipinski definition) is 3. The van der Waals surface area contributed by atoms with Gasteiger partial charge in [-0.1, -0.05) is 25.5 Å². The molecule has 0 fully saturated rings. The molecule has 0 radical (unpaired) electrons. The summed E-state index contributed by atoms with van der Waals surface area (Å²) in [5.41, 5.74) is 6.98. The number of rotatable bonds is 6. The summed E-state index contributed by atoms with van der Waals surface area (Å²) in [4.78, 5) is 22.6. The van der Waals surface area contributed by atoms with E-state index in [0.717, 1.165) is 5.56 Å². The van der Waals surface area contributed by atoms with Gasteiger partial charge in [0.2, 0.25) is 5.91 Å². The number of carboxylic acids is 1. The molecule has 0 aliphatic rings. The zero-order valence-corrected chi connectivity index (χ0v) is 10.3. The average molecular weight is 250 g/mol. The van der Waals surface area contributed by atoms with Crippen LogP contribution in [-0.4, -0.2) is 23.0 Å². The smallest absolute Gasteiger partial charge is 0.326 e. The molecular formula is C13H18N2O3. The lowest BCUT2D eigenvalue weighted by molar-refractivity contribution is -0.141. The van der Waals surface area contributed by atoms with Crippen molar-refractivity contribution in [1.29, 1.82) is 0 Å². The van der Waals surface area contributed by atoms with E-state index in [-0.39, 0.29) is 12.3 Å². The number of carbonyl (C=O) groups is 2. The third-order valence-electron chi connectivity index (χ3n) is 2.56. The van der Waals surface area contributed by atoms with E-state index >= 15 is 0 Å². The summed E-state index contributed by atoms with van der Waals surface area (Å²) in [6.07, 6.45) is 1.30. The first kappa shape index (κ1) is 14.0. The molecule has 0 aliphatic carbocycles. The third kappa shape index (κ3) is 4.45. The van der Waals surface area contributed by atoms with Gasteiger partial charge in [-0.05, 0) is 24.1 Å². The van der Waals surface area contributed by atoms with Crippen molar-refractivity contribution in [3.05, 3.63) is 29.8 Å². The van der Waals surface area contributed by atoms with Gasteiger partial charge in [0.15, 0.2) is 0 Å². The Bertz CT molecular complexity index is 415. The van der Waals surface area contributed by atoms with Gasteiger partial charge < -0.3 is 16.2 Å². The number of nitrogen functional groups attached to an aromatic ring is 1. The zero-order valence-electron chi connectivity index (χ0n) is 10.3. The number of aliphatic carboxylic acids is 1. The first-order valence-corrected chi connectivity index (χ1v) is 5.89. The highest BCUT2D eigenvalue weighted by Crippen LogP contribution is 2.06. The fourth-order valence-electron chi connectivity index (χ4n) is 1.61. The maximum atomic E-state index is 11.7. The van der Waals surface area contributed by atoms with Crippen LogP contribution in [0.2, 0.25) is 0 Å². The molecule has 1 aromatic rings. The minimum Gasteiger partial charge on any atom is -0.480 e. The number of anilines is 1. The number of carboxylic acid groups (broad SMARTS) is 1. The largest absolute Gasteiger partial charge is 0.480 e. The molecule has 0 saturated heterocycles. The van der Waals surface area contributed by atoms with E-state index in [1.54, 1.807) is 24.3 Å². The molecule has 4 N–H and O–H groups in total. The summed E-state index contributed by atoms with van der Waals surface area (Å²) in [6.45, 7) is 1.88. The van der Waals surface area contributed by atoms with Crippen molar-refractivity contribution in [1.82, 2.24) is 5.32 Å². The van der Waals surface area contributed by atoms with Crippen LogP contribution in [0.15, 0.2) is 24.3 Å². The van der Waals surface area contributed by atoms with Gasteiger partial charge in [-0.25, -0.2) is 4.79 Å². The molecule has 5 nitrogen and oxygen atoms in total. The summed E-state index contributed by atoms with van der Waals surface area (Å²) in [5, 5.41) is 11.4. The van der Waals surface area contributed by atoms with Gasteiger partial charge in [0.1, 0.15) is 6.04 Å². The van der Waals surface area contributed by atoms with Gasteiger partial charge in [-0.3, -0.25) is 4.79 Å². The van der Waals surface area contributed by atoms with E-state index in [1.165, 1.54) is 0 Å². The number of hydrogen-bond acceptors (Lipinski definition) is 3. The minimum atomic E-state index is -0.998. The topological polar surface area (TPSA) is 92.4 Å². The summed E-state index contributed by atoms with van der Waals surface area (Å²) in [5.74, 6) is -1.29. The molecule has 18 heavy (non-hydrogen) atoms. The van der Waals surface area contributed by atoms with Crippen molar-refractivity contribution < 1.29 is 14.7 Å². The number of nitrogens with two attached hydrogens (primary N) is 1. The van der Waals surface area contributed by atoms with Crippen LogP contribution in [0, 0.1) is 0 Å². The number of nitrogens with one attached hydrogen (secondary N) is 1. The second kappa shape index (κ2) is 6.64. The van der Waals surface area contributed by atoms with Crippen molar-refractivity contribution in [2.45, 2.75) is 32.2 Å². The van der Waals surface area contributed by atoms with Crippen molar-refractivity contribution in [3.8, 4) is 0 Å². The normalized spacial score (nSPS) is 11.8. The second-order valence-corrected chi connectivity index (χ2v) is 4.17. The average Bonchev–Trinajstić information content (AvgIpc) is 2.31. The van der Waals surface area contributed by atoms with Crippen LogP contribution < -0.4 is 11.1 Å². The van der Waals surface area contributed by atoms with Crippen LogP contribution in [0.5, 0.6) is 0 Å². The summed E-state index contributed by atoms with van der Waals surface area (Å²) in [7, 11) is 0.